The summed E-state index contributed by atoms with van der Waals surface area (Å²) in [6.07, 6.45) is 0. The van der Waals surface area contributed by atoms with Gasteiger partial charge in [-0.15, -0.1) is 12.1 Å². The second kappa shape index (κ2) is 9.67. The molecule has 1 aromatic rings. The zero-order valence-corrected chi connectivity index (χ0v) is 11.4. The van der Waals surface area contributed by atoms with Gasteiger partial charge in [0.2, 0.25) is 0 Å². The van der Waals surface area contributed by atoms with E-state index in [1.165, 1.54) is 6.07 Å². The number of rotatable bonds is 0. The third kappa shape index (κ3) is 13.1. The molecular formula is C6H3BBrF4K. The van der Waals surface area contributed by atoms with Gasteiger partial charge < -0.3 is 0 Å². The summed E-state index contributed by atoms with van der Waals surface area (Å²) in [5, 5.41) is 0. The predicted octanol–water partition coefficient (Wildman–Crippen LogP) is 0.272. The number of hydrogen-bond acceptors (Lipinski definition) is 0. The minimum Gasteiger partial charge on any atom is -0.254 e. The summed E-state index contributed by atoms with van der Waals surface area (Å²) in [5.74, 6) is -0.334. The molecule has 0 spiro atoms. The molecule has 0 unspecified atom stereocenters. The Balaban J connectivity index is 0. The molecule has 13 heavy (non-hydrogen) atoms. The normalized spacial score (nSPS) is 7.77. The molecule has 1 rings (SSSR count). The molecule has 0 amide bonds. The van der Waals surface area contributed by atoms with Crippen LogP contribution < -0.4 is 51.4 Å². The maximum Gasteiger partial charge on any atom is 1.00 e. The third-order valence-corrected chi connectivity index (χ3v) is 1.19. The van der Waals surface area contributed by atoms with Crippen molar-refractivity contribution in [3.8, 4) is 0 Å². The Morgan fingerprint density at radius 3 is 1.92 bits per heavy atom. The quantitative estimate of drug-likeness (QED) is 0.364. The number of halogens is 5. The van der Waals surface area contributed by atoms with E-state index in [-0.39, 0.29) is 57.2 Å². The van der Waals surface area contributed by atoms with Gasteiger partial charge in [0.25, 0.3) is 0 Å². The van der Waals surface area contributed by atoms with E-state index >= 15 is 0 Å². The van der Waals surface area contributed by atoms with Gasteiger partial charge in [0.1, 0.15) is 0 Å². The molecule has 7 heteroatoms. The minimum absolute atomic E-state index is 0. The fraction of sp³-hybridized carbons (Fsp3) is 0. The number of benzene rings is 1. The smallest absolute Gasteiger partial charge is 0.254 e. The molecule has 66 valence electrons. The molecule has 0 fully saturated rings. The molecule has 0 bridgehead atoms. The monoisotopic (exact) mass is 280 g/mol. The molecule has 0 atom stereocenters. The van der Waals surface area contributed by atoms with Crippen molar-refractivity contribution in [3.63, 3.8) is 0 Å². The van der Waals surface area contributed by atoms with Gasteiger partial charge in [-0.3, -0.25) is 12.9 Å². The zero-order valence-electron chi connectivity index (χ0n) is 6.70. The standard InChI is InChI=1S/C6H3BrF.BF3.K/c7-5-2-1-3-6(8)4-5;2-1(3)4;/h1-3H;;/q-1;;+1. The average Bonchev–Trinajstić information content (AvgIpc) is 1.84. The summed E-state index contributed by atoms with van der Waals surface area (Å²) in [4.78, 5) is 0. The molecule has 1 aromatic carbocycles. The zero-order chi connectivity index (χ0) is 9.56. The Kier molecular flexibility index (Phi) is 12.3. The fourth-order valence-electron chi connectivity index (χ4n) is 0.414. The van der Waals surface area contributed by atoms with Gasteiger partial charge >= 0.3 is 58.9 Å². The van der Waals surface area contributed by atoms with E-state index in [2.05, 4.69) is 22.0 Å². The first-order valence-corrected chi connectivity index (χ1v) is 3.57. The van der Waals surface area contributed by atoms with E-state index < -0.39 is 7.54 Å². The maximum atomic E-state index is 12.1. The van der Waals surface area contributed by atoms with Crippen LogP contribution >= 0.6 is 15.9 Å². The van der Waals surface area contributed by atoms with E-state index in [4.69, 9.17) is 0 Å². The molecule has 0 aliphatic rings. The molecule has 0 aliphatic heterocycles. The molecule has 0 N–H and O–H groups in total. The van der Waals surface area contributed by atoms with Crippen LogP contribution in [-0.4, -0.2) is 7.54 Å². The summed E-state index contributed by atoms with van der Waals surface area (Å²) in [6, 6.07) is 7.12. The molecule has 0 nitrogen and oxygen atoms in total. The molecule has 0 aliphatic carbocycles. The minimum atomic E-state index is -3.67. The maximum absolute atomic E-state index is 12.1. The van der Waals surface area contributed by atoms with E-state index in [1.807, 2.05) is 0 Å². The van der Waals surface area contributed by atoms with Crippen LogP contribution in [0.5, 0.6) is 0 Å². The van der Waals surface area contributed by atoms with Crippen molar-refractivity contribution in [2.45, 2.75) is 0 Å². The average molecular weight is 281 g/mol. The second-order valence-corrected chi connectivity index (χ2v) is 2.45. The van der Waals surface area contributed by atoms with E-state index in [1.54, 1.807) is 12.1 Å². The van der Waals surface area contributed by atoms with Crippen molar-refractivity contribution in [3.05, 3.63) is 34.6 Å². The molecular weight excluding hydrogens is 278 g/mol. The Labute approximate surface area is 125 Å². The summed E-state index contributed by atoms with van der Waals surface area (Å²) < 4.78 is 41.7. The van der Waals surface area contributed by atoms with Crippen LogP contribution in [0.2, 0.25) is 0 Å². The van der Waals surface area contributed by atoms with Gasteiger partial charge in [-0.05, 0) is 0 Å². The summed E-state index contributed by atoms with van der Waals surface area (Å²) in [6.45, 7) is 0. The largest absolute Gasteiger partial charge is 1.00 e. The Bertz CT molecular complexity index is 216. The second-order valence-electron chi connectivity index (χ2n) is 1.59. The van der Waals surface area contributed by atoms with Crippen molar-refractivity contribution in [2.24, 2.45) is 0 Å². The molecule has 0 radical (unpaired) electrons. The first-order chi connectivity index (χ1) is 5.52. The predicted molar refractivity (Wildman–Crippen MR) is 42.0 cm³/mol. The van der Waals surface area contributed by atoms with Gasteiger partial charge in [-0.2, -0.15) is 12.1 Å². The first-order valence-electron chi connectivity index (χ1n) is 2.78. The van der Waals surface area contributed by atoms with Crippen molar-refractivity contribution in [2.75, 3.05) is 0 Å². The summed E-state index contributed by atoms with van der Waals surface area (Å²) in [5.41, 5.74) is 0. The van der Waals surface area contributed by atoms with Crippen LogP contribution in [-0.2, 0) is 0 Å². The SMILES string of the molecule is FB(F)F.Fc1[c-]c(Br)ccc1.[K+]. The van der Waals surface area contributed by atoms with Gasteiger partial charge in [0.15, 0.2) is 0 Å². The Hall–Kier alpha value is 1.12. The molecule has 0 aromatic heterocycles. The van der Waals surface area contributed by atoms with E-state index in [9.17, 15) is 17.3 Å². The van der Waals surface area contributed by atoms with Crippen LogP contribution in [0.25, 0.3) is 0 Å². The summed E-state index contributed by atoms with van der Waals surface area (Å²) >= 11 is 3.07. The molecule has 0 heterocycles. The fourth-order valence-corrected chi connectivity index (χ4v) is 0.756. The van der Waals surface area contributed by atoms with Gasteiger partial charge in [-0.25, -0.2) is 4.39 Å². The topological polar surface area (TPSA) is 0 Å². The van der Waals surface area contributed by atoms with E-state index in [0.29, 0.717) is 4.47 Å². The van der Waals surface area contributed by atoms with Crippen molar-refractivity contribution >= 4 is 23.5 Å². The van der Waals surface area contributed by atoms with Crippen LogP contribution in [0.3, 0.4) is 0 Å². The Morgan fingerprint density at radius 1 is 1.23 bits per heavy atom. The van der Waals surface area contributed by atoms with Gasteiger partial charge in [0.05, 0.1) is 0 Å². The van der Waals surface area contributed by atoms with Crippen LogP contribution in [0.15, 0.2) is 22.7 Å². The van der Waals surface area contributed by atoms with Crippen LogP contribution in [0.4, 0.5) is 17.3 Å². The first kappa shape index (κ1) is 16.5. The van der Waals surface area contributed by atoms with Crippen molar-refractivity contribution in [1.82, 2.24) is 0 Å². The van der Waals surface area contributed by atoms with Crippen LogP contribution in [0, 0.1) is 11.9 Å². The van der Waals surface area contributed by atoms with Crippen LogP contribution in [0.1, 0.15) is 0 Å². The van der Waals surface area contributed by atoms with E-state index in [0.717, 1.165) is 0 Å². The number of hydrogen-bond donors (Lipinski definition) is 0. The third-order valence-electron chi connectivity index (χ3n) is 0.724. The van der Waals surface area contributed by atoms with Crippen molar-refractivity contribution in [1.29, 1.82) is 0 Å². The Morgan fingerprint density at radius 2 is 1.69 bits per heavy atom. The van der Waals surface area contributed by atoms with Gasteiger partial charge in [-0.1, -0.05) is 20.4 Å². The summed E-state index contributed by atoms with van der Waals surface area (Å²) in [7, 11) is -3.67. The van der Waals surface area contributed by atoms with Gasteiger partial charge in [0, 0.05) is 5.82 Å². The molecule has 0 saturated heterocycles. The molecule has 0 saturated carbocycles. The van der Waals surface area contributed by atoms with Crippen molar-refractivity contribution < 1.29 is 68.7 Å².